The van der Waals surface area contributed by atoms with E-state index in [2.05, 4.69) is 4.90 Å². The van der Waals surface area contributed by atoms with Crippen molar-refractivity contribution in [1.29, 1.82) is 0 Å². The standard InChI is InChI=1S/C16H21NO3.ClH/c1-14(13-17-9-11-19-12-10-17)20-16(18)8-7-15-5-3-2-4-6-15;/h2-8,14H,9-13H2,1H3;1H/b8-7+;. The summed E-state index contributed by atoms with van der Waals surface area (Å²) in [6.45, 7) is 6.00. The van der Waals surface area contributed by atoms with Gasteiger partial charge >= 0.3 is 5.97 Å². The summed E-state index contributed by atoms with van der Waals surface area (Å²) in [6, 6.07) is 9.71. The molecular weight excluding hydrogens is 290 g/mol. The number of benzene rings is 1. The first-order valence-electron chi connectivity index (χ1n) is 6.98. The Morgan fingerprint density at radius 3 is 2.67 bits per heavy atom. The molecule has 1 aliphatic heterocycles. The van der Waals surface area contributed by atoms with E-state index in [4.69, 9.17) is 9.47 Å². The van der Waals surface area contributed by atoms with Gasteiger partial charge in [-0.3, -0.25) is 4.90 Å². The molecule has 0 saturated carbocycles. The van der Waals surface area contributed by atoms with E-state index in [0.29, 0.717) is 0 Å². The molecule has 1 aliphatic rings. The van der Waals surface area contributed by atoms with Crippen LogP contribution in [0.2, 0.25) is 0 Å². The average molecular weight is 312 g/mol. The van der Waals surface area contributed by atoms with Crippen LogP contribution in [0, 0.1) is 0 Å². The molecule has 4 nitrogen and oxygen atoms in total. The Kier molecular flexibility index (Phi) is 8.05. The van der Waals surface area contributed by atoms with E-state index < -0.39 is 0 Å². The van der Waals surface area contributed by atoms with Gasteiger partial charge in [0.25, 0.3) is 0 Å². The molecule has 1 atom stereocenters. The van der Waals surface area contributed by atoms with Gasteiger partial charge in [0.05, 0.1) is 13.2 Å². The Morgan fingerprint density at radius 2 is 2.00 bits per heavy atom. The summed E-state index contributed by atoms with van der Waals surface area (Å²) in [5.41, 5.74) is 0.991. The number of halogens is 1. The molecule has 1 aromatic carbocycles. The van der Waals surface area contributed by atoms with Gasteiger partial charge in [0.2, 0.25) is 0 Å². The van der Waals surface area contributed by atoms with Crippen molar-refractivity contribution in [3.8, 4) is 0 Å². The Bertz CT molecular complexity index is 444. The molecule has 116 valence electrons. The zero-order valence-corrected chi connectivity index (χ0v) is 13.1. The van der Waals surface area contributed by atoms with E-state index in [1.165, 1.54) is 6.08 Å². The lowest BCUT2D eigenvalue weighted by Gasteiger charge is -2.28. The van der Waals surface area contributed by atoms with Gasteiger partial charge in [0.15, 0.2) is 0 Å². The van der Waals surface area contributed by atoms with Crippen LogP contribution in [-0.4, -0.2) is 49.8 Å². The summed E-state index contributed by atoms with van der Waals surface area (Å²) in [7, 11) is 0. The largest absolute Gasteiger partial charge is 0.458 e. The van der Waals surface area contributed by atoms with Gasteiger partial charge in [-0.1, -0.05) is 30.3 Å². The van der Waals surface area contributed by atoms with Crippen molar-refractivity contribution in [3.63, 3.8) is 0 Å². The van der Waals surface area contributed by atoms with Crippen LogP contribution in [0.1, 0.15) is 12.5 Å². The van der Waals surface area contributed by atoms with Gasteiger partial charge in [-0.15, -0.1) is 12.4 Å². The average Bonchev–Trinajstić information content (AvgIpc) is 2.47. The van der Waals surface area contributed by atoms with Crippen LogP contribution >= 0.6 is 12.4 Å². The van der Waals surface area contributed by atoms with Crippen molar-refractivity contribution < 1.29 is 14.3 Å². The molecule has 1 unspecified atom stereocenters. The monoisotopic (exact) mass is 311 g/mol. The van der Waals surface area contributed by atoms with Gasteiger partial charge < -0.3 is 9.47 Å². The third-order valence-electron chi connectivity index (χ3n) is 3.15. The maximum Gasteiger partial charge on any atom is 0.331 e. The Morgan fingerprint density at radius 1 is 1.33 bits per heavy atom. The van der Waals surface area contributed by atoms with Crippen molar-refractivity contribution in [2.24, 2.45) is 0 Å². The number of carbonyl (C=O) groups is 1. The van der Waals surface area contributed by atoms with E-state index in [1.807, 2.05) is 37.3 Å². The number of hydrogen-bond acceptors (Lipinski definition) is 4. The summed E-state index contributed by atoms with van der Waals surface area (Å²) in [5, 5.41) is 0. The van der Waals surface area contributed by atoms with Gasteiger partial charge in [-0.05, 0) is 18.6 Å². The van der Waals surface area contributed by atoms with Gasteiger partial charge in [0.1, 0.15) is 6.10 Å². The second-order valence-electron chi connectivity index (χ2n) is 4.90. The van der Waals surface area contributed by atoms with E-state index in [-0.39, 0.29) is 24.5 Å². The lowest BCUT2D eigenvalue weighted by Crippen LogP contribution is -2.41. The minimum Gasteiger partial charge on any atom is -0.458 e. The Hall–Kier alpha value is -1.36. The number of morpholine rings is 1. The molecular formula is C16H22ClNO3. The Labute approximate surface area is 132 Å². The van der Waals surface area contributed by atoms with Crippen LogP contribution in [0.3, 0.4) is 0 Å². The van der Waals surface area contributed by atoms with Crippen molar-refractivity contribution in [2.45, 2.75) is 13.0 Å². The smallest absolute Gasteiger partial charge is 0.331 e. The van der Waals surface area contributed by atoms with E-state index >= 15 is 0 Å². The minimum absolute atomic E-state index is 0. The van der Waals surface area contributed by atoms with Crippen LogP contribution in [0.25, 0.3) is 6.08 Å². The van der Waals surface area contributed by atoms with Crippen molar-refractivity contribution in [2.75, 3.05) is 32.8 Å². The third kappa shape index (κ3) is 6.76. The van der Waals surface area contributed by atoms with Gasteiger partial charge in [0, 0.05) is 25.7 Å². The highest BCUT2D eigenvalue weighted by molar-refractivity contribution is 5.87. The van der Waals surface area contributed by atoms with Crippen molar-refractivity contribution in [3.05, 3.63) is 42.0 Å². The number of nitrogens with zero attached hydrogens (tertiary/aromatic N) is 1. The lowest BCUT2D eigenvalue weighted by atomic mass is 10.2. The fraction of sp³-hybridized carbons (Fsp3) is 0.438. The molecule has 2 rings (SSSR count). The molecule has 1 aromatic rings. The van der Waals surface area contributed by atoms with Crippen molar-refractivity contribution >= 4 is 24.5 Å². The zero-order valence-electron chi connectivity index (χ0n) is 12.2. The van der Waals surface area contributed by atoms with Crippen LogP contribution in [-0.2, 0) is 14.3 Å². The zero-order chi connectivity index (χ0) is 14.2. The van der Waals surface area contributed by atoms with Crippen molar-refractivity contribution in [1.82, 2.24) is 4.90 Å². The van der Waals surface area contributed by atoms with Crippen LogP contribution in [0.5, 0.6) is 0 Å². The fourth-order valence-corrected chi connectivity index (χ4v) is 2.15. The van der Waals surface area contributed by atoms with E-state index in [1.54, 1.807) is 6.08 Å². The summed E-state index contributed by atoms with van der Waals surface area (Å²) in [6.07, 6.45) is 3.13. The molecule has 0 N–H and O–H groups in total. The molecule has 1 fully saturated rings. The SMILES string of the molecule is CC(CN1CCOCC1)OC(=O)/C=C/c1ccccc1.Cl. The first kappa shape index (κ1) is 17.7. The number of carbonyl (C=O) groups excluding carboxylic acids is 1. The van der Waals surface area contributed by atoms with E-state index in [0.717, 1.165) is 38.4 Å². The third-order valence-corrected chi connectivity index (χ3v) is 3.15. The highest BCUT2D eigenvalue weighted by Gasteiger charge is 2.15. The fourth-order valence-electron chi connectivity index (χ4n) is 2.15. The predicted molar refractivity (Wildman–Crippen MR) is 85.5 cm³/mol. The topological polar surface area (TPSA) is 38.8 Å². The molecule has 1 heterocycles. The maximum absolute atomic E-state index is 11.7. The maximum atomic E-state index is 11.7. The van der Waals surface area contributed by atoms with Gasteiger partial charge in [-0.2, -0.15) is 0 Å². The first-order chi connectivity index (χ1) is 9.74. The molecule has 0 radical (unpaired) electrons. The minimum atomic E-state index is -0.297. The summed E-state index contributed by atoms with van der Waals surface area (Å²) in [5.74, 6) is -0.297. The molecule has 21 heavy (non-hydrogen) atoms. The highest BCUT2D eigenvalue weighted by Crippen LogP contribution is 2.04. The molecule has 1 saturated heterocycles. The molecule has 0 bridgehead atoms. The predicted octanol–water partition coefficient (Wildman–Crippen LogP) is 2.39. The van der Waals surface area contributed by atoms with Gasteiger partial charge in [-0.25, -0.2) is 4.79 Å². The normalized spacial score (nSPS) is 17.2. The van der Waals surface area contributed by atoms with Crippen LogP contribution in [0.15, 0.2) is 36.4 Å². The number of rotatable bonds is 5. The quantitative estimate of drug-likeness (QED) is 0.618. The molecule has 0 spiro atoms. The number of esters is 1. The molecule has 0 aliphatic carbocycles. The van der Waals surface area contributed by atoms with E-state index in [9.17, 15) is 4.79 Å². The molecule has 5 heteroatoms. The molecule has 0 aromatic heterocycles. The summed E-state index contributed by atoms with van der Waals surface area (Å²) < 4.78 is 10.7. The lowest BCUT2D eigenvalue weighted by molar-refractivity contribution is -0.143. The van der Waals surface area contributed by atoms with Crippen LogP contribution in [0.4, 0.5) is 0 Å². The highest BCUT2D eigenvalue weighted by atomic mass is 35.5. The second-order valence-corrected chi connectivity index (χ2v) is 4.90. The second kappa shape index (κ2) is 9.55. The summed E-state index contributed by atoms with van der Waals surface area (Å²) in [4.78, 5) is 14.0. The first-order valence-corrected chi connectivity index (χ1v) is 6.98. The number of ether oxygens (including phenoxy) is 2. The Balaban J connectivity index is 0.00000220. The summed E-state index contributed by atoms with van der Waals surface area (Å²) >= 11 is 0. The molecule has 0 amide bonds. The number of hydrogen-bond donors (Lipinski definition) is 0. The van der Waals surface area contributed by atoms with Crippen LogP contribution < -0.4 is 0 Å².